The summed E-state index contributed by atoms with van der Waals surface area (Å²) in [4.78, 5) is 24.5. The van der Waals surface area contributed by atoms with Crippen molar-refractivity contribution in [3.8, 4) is 0 Å². The van der Waals surface area contributed by atoms with Gasteiger partial charge in [0.25, 0.3) is 0 Å². The highest BCUT2D eigenvalue weighted by Gasteiger charge is 2.32. The lowest BCUT2D eigenvalue weighted by molar-refractivity contribution is -0.161. The van der Waals surface area contributed by atoms with E-state index in [9.17, 15) is 9.59 Å². The summed E-state index contributed by atoms with van der Waals surface area (Å²) in [7, 11) is 0. The van der Waals surface area contributed by atoms with Gasteiger partial charge in [-0.3, -0.25) is 15.3 Å². The molecule has 4 N–H and O–H groups in total. The molecule has 0 saturated heterocycles. The zero-order chi connectivity index (χ0) is 22.7. The van der Waals surface area contributed by atoms with Gasteiger partial charge in [0, 0.05) is 12.8 Å². The Kier molecular flexibility index (Phi) is 18.2. The molecule has 0 heterocycles. The van der Waals surface area contributed by atoms with Crippen molar-refractivity contribution in [1.82, 2.24) is 0 Å². The zero-order valence-corrected chi connectivity index (χ0v) is 20.2. The Morgan fingerprint density at radius 1 is 0.800 bits per heavy atom. The number of esters is 1. The van der Waals surface area contributed by atoms with Crippen LogP contribution >= 0.6 is 0 Å². The fourth-order valence-corrected chi connectivity index (χ4v) is 3.67. The maximum absolute atomic E-state index is 12.3. The molecular formula is C25H50N2O3. The molecule has 5 nitrogen and oxygen atoms in total. The SMILES string of the molecule is CCCCCCCCCCCCCCCC(=O)CC(C)(C)C(=O)OC(N)CCCN. The van der Waals surface area contributed by atoms with Crippen LogP contribution in [0.15, 0.2) is 0 Å². The van der Waals surface area contributed by atoms with Gasteiger partial charge in [-0.15, -0.1) is 0 Å². The van der Waals surface area contributed by atoms with E-state index in [0.717, 1.165) is 12.8 Å². The van der Waals surface area contributed by atoms with Crippen LogP contribution in [0.2, 0.25) is 0 Å². The molecular weight excluding hydrogens is 376 g/mol. The third-order valence-corrected chi connectivity index (χ3v) is 5.70. The average molecular weight is 427 g/mol. The van der Waals surface area contributed by atoms with Crippen LogP contribution in [0, 0.1) is 5.41 Å². The number of ether oxygens (including phenoxy) is 1. The number of carbonyl (C=O) groups is 2. The molecule has 1 unspecified atom stereocenters. The molecule has 5 heteroatoms. The smallest absolute Gasteiger partial charge is 0.313 e. The van der Waals surface area contributed by atoms with E-state index >= 15 is 0 Å². The van der Waals surface area contributed by atoms with E-state index in [1.54, 1.807) is 13.8 Å². The van der Waals surface area contributed by atoms with Gasteiger partial charge < -0.3 is 10.5 Å². The Hall–Kier alpha value is -0.940. The summed E-state index contributed by atoms with van der Waals surface area (Å²) in [6.07, 6.45) is 18.2. The number of rotatable bonds is 21. The van der Waals surface area contributed by atoms with Gasteiger partial charge in [0.05, 0.1) is 5.41 Å². The second-order valence-corrected chi connectivity index (χ2v) is 9.47. The van der Waals surface area contributed by atoms with Crippen molar-refractivity contribution in [3.63, 3.8) is 0 Å². The first-order valence-electron chi connectivity index (χ1n) is 12.5. The van der Waals surface area contributed by atoms with Crippen molar-refractivity contribution in [2.45, 2.75) is 136 Å². The summed E-state index contributed by atoms with van der Waals surface area (Å²) in [5, 5.41) is 0. The first-order valence-corrected chi connectivity index (χ1v) is 12.5. The van der Waals surface area contributed by atoms with E-state index in [0.29, 0.717) is 25.8 Å². The molecule has 0 aromatic rings. The number of Topliss-reactive ketones (excluding diaryl/α,β-unsaturated/α-hetero) is 1. The molecule has 0 aliphatic rings. The second kappa shape index (κ2) is 18.8. The van der Waals surface area contributed by atoms with Crippen molar-refractivity contribution in [3.05, 3.63) is 0 Å². The molecule has 0 spiro atoms. The molecule has 0 saturated carbocycles. The summed E-state index contributed by atoms with van der Waals surface area (Å²) in [5.41, 5.74) is 10.4. The third-order valence-electron chi connectivity index (χ3n) is 5.70. The van der Waals surface area contributed by atoms with Crippen LogP contribution in [0.5, 0.6) is 0 Å². The maximum Gasteiger partial charge on any atom is 0.313 e. The van der Waals surface area contributed by atoms with Gasteiger partial charge in [-0.05, 0) is 39.7 Å². The van der Waals surface area contributed by atoms with Crippen LogP contribution in [0.25, 0.3) is 0 Å². The predicted molar refractivity (Wildman–Crippen MR) is 126 cm³/mol. The minimum atomic E-state index is -0.825. The number of hydrogen-bond acceptors (Lipinski definition) is 5. The Morgan fingerprint density at radius 3 is 1.73 bits per heavy atom. The molecule has 0 aromatic carbocycles. The summed E-state index contributed by atoms with van der Waals surface area (Å²) in [6.45, 7) is 6.29. The molecule has 1 atom stereocenters. The van der Waals surface area contributed by atoms with Crippen LogP contribution in [0.4, 0.5) is 0 Å². The normalized spacial score (nSPS) is 12.7. The fraction of sp³-hybridized carbons (Fsp3) is 0.920. The highest BCUT2D eigenvalue weighted by Crippen LogP contribution is 2.25. The van der Waals surface area contributed by atoms with E-state index in [1.807, 2.05) is 0 Å². The molecule has 0 aliphatic carbocycles. The number of nitrogens with two attached hydrogens (primary N) is 2. The quantitative estimate of drug-likeness (QED) is 0.133. The average Bonchev–Trinajstić information content (AvgIpc) is 2.69. The van der Waals surface area contributed by atoms with E-state index < -0.39 is 17.6 Å². The Labute approximate surface area is 186 Å². The molecule has 0 aromatic heterocycles. The Bertz CT molecular complexity index is 438. The van der Waals surface area contributed by atoms with Crippen LogP contribution in [0.1, 0.15) is 130 Å². The lowest BCUT2D eigenvalue weighted by atomic mass is 9.86. The maximum atomic E-state index is 12.3. The summed E-state index contributed by atoms with van der Waals surface area (Å²) in [6, 6.07) is 0. The summed E-state index contributed by atoms with van der Waals surface area (Å²) >= 11 is 0. The molecule has 0 fully saturated rings. The Morgan fingerprint density at radius 2 is 1.27 bits per heavy atom. The van der Waals surface area contributed by atoms with Crippen LogP contribution in [-0.2, 0) is 14.3 Å². The van der Waals surface area contributed by atoms with E-state index in [1.165, 1.54) is 70.6 Å². The van der Waals surface area contributed by atoms with Gasteiger partial charge >= 0.3 is 5.97 Å². The fourth-order valence-electron chi connectivity index (χ4n) is 3.67. The monoisotopic (exact) mass is 426 g/mol. The molecule has 0 aliphatic heterocycles. The van der Waals surface area contributed by atoms with E-state index in [2.05, 4.69) is 6.92 Å². The first-order chi connectivity index (χ1) is 14.3. The van der Waals surface area contributed by atoms with Gasteiger partial charge in [-0.2, -0.15) is 0 Å². The van der Waals surface area contributed by atoms with Crippen LogP contribution in [0.3, 0.4) is 0 Å². The van der Waals surface area contributed by atoms with E-state index in [4.69, 9.17) is 16.2 Å². The molecule has 0 bridgehead atoms. The van der Waals surface area contributed by atoms with Crippen LogP contribution in [-0.4, -0.2) is 24.5 Å². The summed E-state index contributed by atoms with van der Waals surface area (Å²) < 4.78 is 5.27. The topological polar surface area (TPSA) is 95.4 Å². The highest BCUT2D eigenvalue weighted by atomic mass is 16.6. The molecule has 0 amide bonds. The number of hydrogen-bond donors (Lipinski definition) is 2. The third kappa shape index (κ3) is 16.8. The Balaban J connectivity index is 3.68. The number of carbonyl (C=O) groups excluding carboxylic acids is 2. The highest BCUT2D eigenvalue weighted by molar-refractivity contribution is 5.86. The lowest BCUT2D eigenvalue weighted by Gasteiger charge is -2.24. The van der Waals surface area contributed by atoms with Gasteiger partial charge in [-0.25, -0.2) is 0 Å². The van der Waals surface area contributed by atoms with Crippen LogP contribution < -0.4 is 11.5 Å². The largest absolute Gasteiger partial charge is 0.446 e. The number of unbranched alkanes of at least 4 members (excludes halogenated alkanes) is 12. The van der Waals surface area contributed by atoms with Gasteiger partial charge in [0.15, 0.2) is 6.23 Å². The van der Waals surface area contributed by atoms with Crippen molar-refractivity contribution in [2.75, 3.05) is 6.54 Å². The van der Waals surface area contributed by atoms with Gasteiger partial charge in [0.1, 0.15) is 5.78 Å². The summed E-state index contributed by atoms with van der Waals surface area (Å²) in [5.74, 6) is -0.263. The van der Waals surface area contributed by atoms with Crippen molar-refractivity contribution >= 4 is 11.8 Å². The van der Waals surface area contributed by atoms with Gasteiger partial charge in [0.2, 0.25) is 0 Å². The molecule has 30 heavy (non-hydrogen) atoms. The van der Waals surface area contributed by atoms with Crippen molar-refractivity contribution < 1.29 is 14.3 Å². The zero-order valence-electron chi connectivity index (χ0n) is 20.2. The van der Waals surface area contributed by atoms with E-state index in [-0.39, 0.29) is 12.2 Å². The van der Waals surface area contributed by atoms with Crippen molar-refractivity contribution in [1.29, 1.82) is 0 Å². The van der Waals surface area contributed by atoms with Gasteiger partial charge in [-0.1, -0.05) is 84.0 Å². The second-order valence-electron chi connectivity index (χ2n) is 9.47. The minimum Gasteiger partial charge on any atom is -0.446 e. The minimum absolute atomic E-state index is 0.135. The predicted octanol–water partition coefficient (Wildman–Crippen LogP) is 6.02. The first kappa shape index (κ1) is 29.1. The number of ketones is 1. The standard InChI is InChI=1S/C25H50N2O3/c1-4-5-6-7-8-9-10-11-12-13-14-15-16-18-22(28)21-25(2,3)24(29)30-23(27)19-17-20-26/h23H,4-21,26-27H2,1-3H3. The molecule has 0 radical (unpaired) electrons. The molecule has 178 valence electrons. The van der Waals surface area contributed by atoms with Crippen molar-refractivity contribution in [2.24, 2.45) is 16.9 Å². The lowest BCUT2D eigenvalue weighted by Crippen LogP contribution is -2.36. The molecule has 0 rings (SSSR count).